The first kappa shape index (κ1) is 17.7. The van der Waals surface area contributed by atoms with Crippen LogP contribution < -0.4 is 4.72 Å². The minimum atomic E-state index is -3.75. The van der Waals surface area contributed by atoms with Gasteiger partial charge in [-0.05, 0) is 27.8 Å². The highest BCUT2D eigenvalue weighted by Gasteiger charge is 2.19. The highest BCUT2D eigenvalue weighted by Crippen LogP contribution is 2.25. The molecule has 136 valence electrons. The fraction of sp³-hybridized carbons (Fsp3) is 0.0909. The van der Waals surface area contributed by atoms with E-state index in [-0.39, 0.29) is 11.4 Å². The largest absolute Gasteiger partial charge is 0.387 e. The van der Waals surface area contributed by atoms with E-state index in [9.17, 15) is 13.5 Å². The van der Waals surface area contributed by atoms with Crippen molar-refractivity contribution in [2.24, 2.45) is 0 Å². The molecule has 1 atom stereocenters. The van der Waals surface area contributed by atoms with E-state index in [0.717, 1.165) is 16.2 Å². The summed E-state index contributed by atoms with van der Waals surface area (Å²) in [6.07, 6.45) is -0.944. The fourth-order valence-electron chi connectivity index (χ4n) is 3.35. The van der Waals surface area contributed by atoms with Gasteiger partial charge in [0.1, 0.15) is 0 Å². The molecule has 2 N–H and O–H groups in total. The molecule has 0 bridgehead atoms. The predicted molar refractivity (Wildman–Crippen MR) is 108 cm³/mol. The van der Waals surface area contributed by atoms with Gasteiger partial charge in [-0.3, -0.25) is 0 Å². The second-order valence-corrected chi connectivity index (χ2v) is 8.15. The van der Waals surface area contributed by atoms with E-state index in [1.165, 1.54) is 0 Å². The third kappa shape index (κ3) is 3.45. The van der Waals surface area contributed by atoms with Crippen LogP contribution in [0.1, 0.15) is 11.7 Å². The quantitative estimate of drug-likeness (QED) is 0.552. The molecule has 4 aromatic carbocycles. The summed E-state index contributed by atoms with van der Waals surface area (Å²) >= 11 is 0. The van der Waals surface area contributed by atoms with E-state index in [2.05, 4.69) is 4.72 Å². The number of hydrogen-bond acceptors (Lipinski definition) is 3. The topological polar surface area (TPSA) is 66.4 Å². The van der Waals surface area contributed by atoms with Crippen LogP contribution in [0.3, 0.4) is 0 Å². The van der Waals surface area contributed by atoms with E-state index in [1.54, 1.807) is 18.2 Å². The zero-order valence-corrected chi connectivity index (χ0v) is 15.4. The van der Waals surface area contributed by atoms with Crippen LogP contribution in [0.4, 0.5) is 0 Å². The molecule has 0 amide bonds. The third-order valence-corrected chi connectivity index (χ3v) is 6.17. The Balaban J connectivity index is 1.62. The number of aliphatic hydroxyl groups excluding tert-OH is 1. The van der Waals surface area contributed by atoms with Gasteiger partial charge in [0, 0.05) is 11.9 Å². The molecule has 0 aliphatic carbocycles. The van der Waals surface area contributed by atoms with Crippen molar-refractivity contribution < 1.29 is 13.5 Å². The van der Waals surface area contributed by atoms with E-state index in [1.807, 2.05) is 66.7 Å². The molecule has 0 spiro atoms. The molecule has 5 heteroatoms. The zero-order chi connectivity index (χ0) is 18.9. The smallest absolute Gasteiger partial charge is 0.241 e. The molecule has 0 radical (unpaired) electrons. The molecule has 0 saturated heterocycles. The molecule has 4 rings (SSSR count). The van der Waals surface area contributed by atoms with Gasteiger partial charge >= 0.3 is 0 Å². The molecule has 0 aromatic heterocycles. The van der Waals surface area contributed by atoms with Crippen LogP contribution >= 0.6 is 0 Å². The van der Waals surface area contributed by atoms with E-state index >= 15 is 0 Å². The van der Waals surface area contributed by atoms with Gasteiger partial charge < -0.3 is 5.11 Å². The van der Waals surface area contributed by atoms with Crippen LogP contribution in [0.15, 0.2) is 89.8 Å². The Hall–Kier alpha value is -2.73. The average molecular weight is 377 g/mol. The summed E-state index contributed by atoms with van der Waals surface area (Å²) in [5, 5.41) is 14.1. The Morgan fingerprint density at radius 2 is 1.30 bits per heavy atom. The molecule has 4 aromatic rings. The Labute approximate surface area is 158 Å². The SMILES string of the molecule is O=S(=O)(NCC(O)c1cccc2ccccc12)c1cccc2ccccc12. The summed E-state index contributed by atoms with van der Waals surface area (Å²) in [5.74, 6) is 0. The number of sulfonamides is 1. The van der Waals surface area contributed by atoms with E-state index in [0.29, 0.717) is 10.9 Å². The minimum Gasteiger partial charge on any atom is -0.387 e. The lowest BCUT2D eigenvalue weighted by Gasteiger charge is -2.15. The Bertz CT molecular complexity index is 1210. The van der Waals surface area contributed by atoms with Crippen LogP contribution in [-0.2, 0) is 10.0 Å². The Morgan fingerprint density at radius 1 is 0.741 bits per heavy atom. The summed E-state index contributed by atoms with van der Waals surface area (Å²) in [4.78, 5) is 0.214. The molecule has 0 aliphatic rings. The van der Waals surface area contributed by atoms with Crippen molar-refractivity contribution in [1.29, 1.82) is 0 Å². The van der Waals surface area contributed by atoms with E-state index < -0.39 is 16.1 Å². The first-order valence-corrected chi connectivity index (χ1v) is 10.2. The maximum Gasteiger partial charge on any atom is 0.241 e. The van der Waals surface area contributed by atoms with Crippen LogP contribution in [0.5, 0.6) is 0 Å². The van der Waals surface area contributed by atoms with Crippen molar-refractivity contribution in [3.05, 3.63) is 90.5 Å². The van der Waals surface area contributed by atoms with Gasteiger partial charge in [-0.25, -0.2) is 13.1 Å². The van der Waals surface area contributed by atoms with Crippen LogP contribution in [-0.4, -0.2) is 20.1 Å². The van der Waals surface area contributed by atoms with Crippen LogP contribution in [0.2, 0.25) is 0 Å². The van der Waals surface area contributed by atoms with Gasteiger partial charge in [-0.1, -0.05) is 78.9 Å². The Kier molecular flexibility index (Phi) is 4.66. The van der Waals surface area contributed by atoms with Gasteiger partial charge in [0.25, 0.3) is 0 Å². The second kappa shape index (κ2) is 7.12. The number of nitrogens with one attached hydrogen (secondary N) is 1. The number of hydrogen-bond donors (Lipinski definition) is 2. The van der Waals surface area contributed by atoms with Gasteiger partial charge in [-0.15, -0.1) is 0 Å². The Morgan fingerprint density at radius 3 is 2.04 bits per heavy atom. The standard InChI is InChI=1S/C22H19NO3S/c24-21(20-13-5-9-16-7-1-3-11-18(16)20)15-23-27(25,26)22-14-6-10-17-8-2-4-12-19(17)22/h1-14,21,23-24H,15H2. The summed E-state index contributed by atoms with van der Waals surface area (Å²) in [6.45, 7) is -0.0977. The summed E-state index contributed by atoms with van der Waals surface area (Å²) in [7, 11) is -3.75. The van der Waals surface area contributed by atoms with Crippen molar-refractivity contribution >= 4 is 31.6 Å². The van der Waals surface area contributed by atoms with E-state index in [4.69, 9.17) is 0 Å². The molecule has 4 nitrogen and oxygen atoms in total. The molecule has 0 saturated carbocycles. The van der Waals surface area contributed by atoms with Gasteiger partial charge in [0.2, 0.25) is 10.0 Å². The summed E-state index contributed by atoms with van der Waals surface area (Å²) < 4.78 is 28.2. The fourth-order valence-corrected chi connectivity index (χ4v) is 4.61. The molecule has 1 unspecified atom stereocenters. The van der Waals surface area contributed by atoms with Crippen molar-refractivity contribution in [3.63, 3.8) is 0 Å². The number of rotatable bonds is 5. The molecular weight excluding hydrogens is 358 g/mol. The highest BCUT2D eigenvalue weighted by molar-refractivity contribution is 7.89. The molecular formula is C22H19NO3S. The van der Waals surface area contributed by atoms with Crippen LogP contribution in [0.25, 0.3) is 21.5 Å². The lowest BCUT2D eigenvalue weighted by molar-refractivity contribution is 0.183. The van der Waals surface area contributed by atoms with Crippen molar-refractivity contribution in [1.82, 2.24) is 4.72 Å². The van der Waals surface area contributed by atoms with Gasteiger partial charge in [0.15, 0.2) is 0 Å². The normalized spacial score (nSPS) is 13.1. The zero-order valence-electron chi connectivity index (χ0n) is 14.5. The lowest BCUT2D eigenvalue weighted by Crippen LogP contribution is -2.28. The van der Waals surface area contributed by atoms with Crippen LogP contribution in [0, 0.1) is 0 Å². The minimum absolute atomic E-state index is 0.0977. The molecule has 0 fully saturated rings. The van der Waals surface area contributed by atoms with Crippen molar-refractivity contribution in [3.8, 4) is 0 Å². The van der Waals surface area contributed by atoms with Crippen molar-refractivity contribution in [2.75, 3.05) is 6.54 Å². The summed E-state index contributed by atoms with van der Waals surface area (Å²) in [5.41, 5.74) is 0.703. The molecule has 0 aliphatic heterocycles. The number of fused-ring (bicyclic) bond motifs is 2. The monoisotopic (exact) mass is 377 g/mol. The van der Waals surface area contributed by atoms with Crippen molar-refractivity contribution in [2.45, 2.75) is 11.0 Å². The second-order valence-electron chi connectivity index (χ2n) is 6.41. The maximum absolute atomic E-state index is 12.8. The first-order chi connectivity index (χ1) is 13.1. The first-order valence-electron chi connectivity index (χ1n) is 8.69. The molecule has 27 heavy (non-hydrogen) atoms. The molecule has 0 heterocycles. The van der Waals surface area contributed by atoms with Gasteiger partial charge in [0.05, 0.1) is 11.0 Å². The highest BCUT2D eigenvalue weighted by atomic mass is 32.2. The number of aliphatic hydroxyl groups is 1. The van der Waals surface area contributed by atoms with Gasteiger partial charge in [-0.2, -0.15) is 0 Å². The number of benzene rings is 4. The lowest BCUT2D eigenvalue weighted by atomic mass is 10.0. The average Bonchev–Trinajstić information content (AvgIpc) is 2.71. The third-order valence-electron chi connectivity index (χ3n) is 4.69. The summed E-state index contributed by atoms with van der Waals surface area (Å²) in [6, 6.07) is 25.9. The predicted octanol–water partition coefficient (Wildman–Crippen LogP) is 4.00. The maximum atomic E-state index is 12.8.